The van der Waals surface area contributed by atoms with Crippen LogP contribution >= 0.6 is 11.3 Å². The number of sulfonamides is 1. The number of ether oxygens (including phenoxy) is 2. The fourth-order valence-corrected chi connectivity index (χ4v) is 5.15. The van der Waals surface area contributed by atoms with Crippen molar-refractivity contribution in [2.75, 3.05) is 25.1 Å². The molecule has 2 aromatic carbocycles. The molecule has 3 aromatic rings. The Morgan fingerprint density at radius 1 is 1.03 bits per heavy atom. The number of hydrogen-bond donors (Lipinski definition) is 2. The van der Waals surface area contributed by atoms with Gasteiger partial charge in [0.15, 0.2) is 11.5 Å². The van der Waals surface area contributed by atoms with E-state index in [1.165, 1.54) is 17.4 Å². The number of carbonyl (C=O) groups is 1. The van der Waals surface area contributed by atoms with E-state index in [9.17, 15) is 13.2 Å². The highest BCUT2D eigenvalue weighted by Crippen LogP contribution is 2.37. The first-order chi connectivity index (χ1) is 15.4. The number of benzene rings is 2. The van der Waals surface area contributed by atoms with Crippen LogP contribution in [0.4, 0.5) is 5.69 Å². The lowest BCUT2D eigenvalue weighted by Gasteiger charge is -2.18. The van der Waals surface area contributed by atoms with Crippen molar-refractivity contribution in [1.82, 2.24) is 4.72 Å². The third-order valence-electron chi connectivity index (χ3n) is 4.67. The third-order valence-corrected chi connectivity index (χ3v) is 7.13. The van der Waals surface area contributed by atoms with Gasteiger partial charge >= 0.3 is 0 Å². The molecule has 7 nitrogen and oxygen atoms in total. The van der Waals surface area contributed by atoms with E-state index >= 15 is 0 Å². The standard InChI is InChI=1S/C23H22N2O5S2/c1-2-11-24-32(27,28)15-16-3-6-18(7-4-16)25-23(26)22-10-9-21(31-22)17-5-8-19-20(14-17)30-13-12-29-19/h2-10,14,24H,1,11-13,15H2,(H,25,26). The fourth-order valence-electron chi connectivity index (χ4n) is 3.15. The van der Waals surface area contributed by atoms with Crippen LogP contribution in [0.1, 0.15) is 15.2 Å². The molecule has 4 rings (SSSR count). The summed E-state index contributed by atoms with van der Waals surface area (Å²) in [6.45, 7) is 4.74. The van der Waals surface area contributed by atoms with Gasteiger partial charge in [0.05, 0.1) is 10.6 Å². The number of fused-ring (bicyclic) bond motifs is 1. The second-order valence-corrected chi connectivity index (χ2v) is 9.96. The third kappa shape index (κ3) is 5.37. The molecule has 0 saturated carbocycles. The quantitative estimate of drug-likeness (QED) is 0.485. The summed E-state index contributed by atoms with van der Waals surface area (Å²) in [4.78, 5) is 14.2. The molecule has 0 radical (unpaired) electrons. The van der Waals surface area contributed by atoms with E-state index in [2.05, 4.69) is 16.6 Å². The first-order valence-electron chi connectivity index (χ1n) is 9.92. The Morgan fingerprint density at radius 2 is 1.78 bits per heavy atom. The SMILES string of the molecule is C=CCNS(=O)(=O)Cc1ccc(NC(=O)c2ccc(-c3ccc4c(c3)OCCO4)s2)cc1. The van der Waals surface area contributed by atoms with Gasteiger partial charge < -0.3 is 14.8 Å². The minimum absolute atomic E-state index is 0.140. The van der Waals surface area contributed by atoms with Crippen molar-refractivity contribution in [2.24, 2.45) is 0 Å². The molecule has 9 heteroatoms. The molecule has 32 heavy (non-hydrogen) atoms. The average molecular weight is 471 g/mol. The first kappa shape index (κ1) is 22.1. The molecule has 1 amide bonds. The number of anilines is 1. The zero-order valence-electron chi connectivity index (χ0n) is 17.2. The van der Waals surface area contributed by atoms with Crippen molar-refractivity contribution in [3.05, 3.63) is 77.7 Å². The van der Waals surface area contributed by atoms with E-state index in [1.807, 2.05) is 24.3 Å². The Balaban J connectivity index is 1.40. The lowest BCUT2D eigenvalue weighted by molar-refractivity contribution is 0.103. The molecular formula is C23H22N2O5S2. The Labute approximate surface area is 190 Å². The average Bonchev–Trinajstić information content (AvgIpc) is 3.29. The van der Waals surface area contributed by atoms with Gasteiger partial charge in [-0.25, -0.2) is 13.1 Å². The highest BCUT2D eigenvalue weighted by atomic mass is 32.2. The lowest BCUT2D eigenvalue weighted by Crippen LogP contribution is -2.25. The van der Waals surface area contributed by atoms with E-state index in [4.69, 9.17) is 9.47 Å². The normalized spacial score (nSPS) is 12.9. The van der Waals surface area contributed by atoms with Gasteiger partial charge in [-0.05, 0) is 53.6 Å². The van der Waals surface area contributed by atoms with Gasteiger partial charge in [-0.3, -0.25) is 4.79 Å². The van der Waals surface area contributed by atoms with Crippen molar-refractivity contribution in [2.45, 2.75) is 5.75 Å². The van der Waals surface area contributed by atoms with E-state index in [1.54, 1.807) is 30.3 Å². The van der Waals surface area contributed by atoms with Gasteiger partial charge in [0, 0.05) is 17.1 Å². The molecule has 0 unspecified atom stereocenters. The van der Waals surface area contributed by atoms with Gasteiger partial charge in [-0.1, -0.05) is 18.2 Å². The van der Waals surface area contributed by atoms with Gasteiger partial charge in [0.25, 0.3) is 5.91 Å². The molecule has 166 valence electrons. The predicted molar refractivity (Wildman–Crippen MR) is 126 cm³/mol. The van der Waals surface area contributed by atoms with Crippen LogP contribution in [0.3, 0.4) is 0 Å². The van der Waals surface area contributed by atoms with Crippen LogP contribution in [0.25, 0.3) is 10.4 Å². The van der Waals surface area contributed by atoms with E-state index in [0.29, 0.717) is 35.1 Å². The number of hydrogen-bond acceptors (Lipinski definition) is 6. The zero-order chi connectivity index (χ0) is 22.6. The largest absolute Gasteiger partial charge is 0.486 e. The highest BCUT2D eigenvalue weighted by Gasteiger charge is 2.15. The van der Waals surface area contributed by atoms with Crippen LogP contribution in [-0.2, 0) is 15.8 Å². The smallest absolute Gasteiger partial charge is 0.265 e. The van der Waals surface area contributed by atoms with Gasteiger partial charge in [0.1, 0.15) is 13.2 Å². The van der Waals surface area contributed by atoms with Crippen LogP contribution in [0.2, 0.25) is 0 Å². The minimum Gasteiger partial charge on any atom is -0.486 e. The molecule has 1 aliphatic rings. The van der Waals surface area contributed by atoms with Crippen LogP contribution in [0.15, 0.2) is 67.3 Å². The molecular weight excluding hydrogens is 448 g/mol. The summed E-state index contributed by atoms with van der Waals surface area (Å²) in [7, 11) is -3.43. The van der Waals surface area contributed by atoms with Crippen molar-refractivity contribution < 1.29 is 22.7 Å². The molecule has 0 fully saturated rings. The fraction of sp³-hybridized carbons (Fsp3) is 0.174. The maximum atomic E-state index is 12.7. The maximum absolute atomic E-state index is 12.7. The second-order valence-electron chi connectivity index (χ2n) is 7.07. The Hall–Kier alpha value is -3.14. The van der Waals surface area contributed by atoms with Gasteiger partial charge in [-0.15, -0.1) is 17.9 Å². The van der Waals surface area contributed by atoms with Crippen LogP contribution in [0.5, 0.6) is 11.5 Å². The summed E-state index contributed by atoms with van der Waals surface area (Å²) in [5.74, 6) is 1.06. The molecule has 0 spiro atoms. The number of nitrogens with one attached hydrogen (secondary N) is 2. The predicted octanol–water partition coefficient (Wildman–Crippen LogP) is 4.04. The number of thiophene rings is 1. The number of amides is 1. The van der Waals surface area contributed by atoms with Crippen molar-refractivity contribution >= 4 is 33.0 Å². The molecule has 1 aromatic heterocycles. The van der Waals surface area contributed by atoms with Crippen molar-refractivity contribution in [3.8, 4) is 21.9 Å². The summed E-state index contributed by atoms with van der Waals surface area (Å²) >= 11 is 1.38. The van der Waals surface area contributed by atoms with Crippen LogP contribution < -0.4 is 19.5 Å². The van der Waals surface area contributed by atoms with Crippen LogP contribution in [0, 0.1) is 0 Å². The summed E-state index contributed by atoms with van der Waals surface area (Å²) < 4.78 is 37.5. The molecule has 0 saturated heterocycles. The summed E-state index contributed by atoms with van der Waals surface area (Å²) in [6, 6.07) is 16.1. The number of carbonyl (C=O) groups excluding carboxylic acids is 1. The van der Waals surface area contributed by atoms with Crippen molar-refractivity contribution in [1.29, 1.82) is 0 Å². The molecule has 0 bridgehead atoms. The minimum atomic E-state index is -3.43. The Kier molecular flexibility index (Phi) is 6.59. The summed E-state index contributed by atoms with van der Waals surface area (Å²) in [5, 5.41) is 2.85. The van der Waals surface area contributed by atoms with E-state index in [-0.39, 0.29) is 18.2 Å². The van der Waals surface area contributed by atoms with E-state index in [0.717, 1.165) is 16.2 Å². The lowest BCUT2D eigenvalue weighted by atomic mass is 10.1. The molecule has 1 aliphatic heterocycles. The van der Waals surface area contributed by atoms with Crippen LogP contribution in [-0.4, -0.2) is 34.1 Å². The maximum Gasteiger partial charge on any atom is 0.265 e. The number of rotatable bonds is 8. The Morgan fingerprint density at radius 3 is 2.53 bits per heavy atom. The molecule has 0 atom stereocenters. The molecule has 0 aliphatic carbocycles. The zero-order valence-corrected chi connectivity index (χ0v) is 18.8. The second kappa shape index (κ2) is 9.56. The molecule has 2 heterocycles. The highest BCUT2D eigenvalue weighted by molar-refractivity contribution is 7.88. The van der Waals surface area contributed by atoms with Gasteiger partial charge in [-0.2, -0.15) is 0 Å². The Bertz CT molecular complexity index is 1230. The first-order valence-corrected chi connectivity index (χ1v) is 12.4. The van der Waals surface area contributed by atoms with Crippen molar-refractivity contribution in [3.63, 3.8) is 0 Å². The molecule has 2 N–H and O–H groups in total. The summed E-state index contributed by atoms with van der Waals surface area (Å²) in [5.41, 5.74) is 2.16. The topological polar surface area (TPSA) is 93.7 Å². The van der Waals surface area contributed by atoms with E-state index < -0.39 is 10.0 Å². The van der Waals surface area contributed by atoms with Gasteiger partial charge in [0.2, 0.25) is 10.0 Å². The monoisotopic (exact) mass is 470 g/mol. The summed E-state index contributed by atoms with van der Waals surface area (Å²) in [6.07, 6.45) is 1.49.